The first-order valence-electron chi connectivity index (χ1n) is 18.8. The van der Waals surface area contributed by atoms with E-state index >= 15 is 0 Å². The molecule has 0 saturated carbocycles. The minimum absolute atomic E-state index is 0.895. The molecule has 0 spiro atoms. The monoisotopic (exact) mass is 700 g/mol. The second-order valence-electron chi connectivity index (χ2n) is 14.5. The van der Waals surface area contributed by atoms with Gasteiger partial charge in [-0.25, -0.2) is 0 Å². The number of hydrogen-bond donors (Lipinski definition) is 0. The zero-order chi connectivity index (χ0) is 36.0. The quantitative estimate of drug-likeness (QED) is 0.179. The summed E-state index contributed by atoms with van der Waals surface area (Å²) >= 11 is 0. The van der Waals surface area contributed by atoms with Gasteiger partial charge in [0.1, 0.15) is 5.58 Å². The van der Waals surface area contributed by atoms with E-state index in [9.17, 15) is 0 Å². The molecule has 55 heavy (non-hydrogen) atoms. The molecule has 0 unspecified atom stereocenters. The summed E-state index contributed by atoms with van der Waals surface area (Å²) < 4.78 is 11.4. The molecule has 3 nitrogen and oxygen atoms in total. The van der Waals surface area contributed by atoms with Gasteiger partial charge in [0.15, 0.2) is 5.58 Å². The van der Waals surface area contributed by atoms with Crippen LogP contribution in [0.1, 0.15) is 0 Å². The van der Waals surface area contributed by atoms with Gasteiger partial charge in [-0.15, -0.1) is 0 Å². The van der Waals surface area contributed by atoms with E-state index in [1.165, 1.54) is 65.6 Å². The number of benzene rings is 9. The Labute approximate surface area is 316 Å². The van der Waals surface area contributed by atoms with E-state index in [-0.39, 0.29) is 0 Å². The molecule has 0 atom stereocenters. The molecular weight excluding hydrogens is 669 g/mol. The van der Waals surface area contributed by atoms with Gasteiger partial charge in [0.2, 0.25) is 0 Å². The maximum absolute atomic E-state index is 6.61. The van der Waals surface area contributed by atoms with Crippen LogP contribution in [0.5, 0.6) is 0 Å². The minimum atomic E-state index is 0.895. The smallest absolute Gasteiger partial charge is 0.159 e. The fraction of sp³-hybridized carbons (Fsp3) is 0. The molecule has 12 rings (SSSR count). The lowest BCUT2D eigenvalue weighted by atomic mass is 9.99. The molecule has 0 bridgehead atoms. The summed E-state index contributed by atoms with van der Waals surface area (Å²) in [6, 6.07) is 70.3. The summed E-state index contributed by atoms with van der Waals surface area (Å²) in [5, 5.41) is 9.66. The Bertz CT molecular complexity index is 3470. The van der Waals surface area contributed by atoms with Gasteiger partial charge in [0.05, 0.1) is 27.8 Å². The van der Waals surface area contributed by atoms with E-state index < -0.39 is 0 Å². The minimum Gasteiger partial charge on any atom is -0.454 e. The van der Waals surface area contributed by atoms with Crippen molar-refractivity contribution in [2.45, 2.75) is 0 Å². The van der Waals surface area contributed by atoms with Crippen molar-refractivity contribution < 1.29 is 4.42 Å². The maximum Gasteiger partial charge on any atom is 0.159 e. The highest BCUT2D eigenvalue weighted by atomic mass is 16.3. The van der Waals surface area contributed by atoms with E-state index in [0.717, 1.165) is 44.3 Å². The molecule has 3 heteroatoms. The molecule has 0 saturated heterocycles. The second kappa shape index (κ2) is 11.6. The molecule has 256 valence electrons. The van der Waals surface area contributed by atoms with Crippen LogP contribution in [-0.4, -0.2) is 9.13 Å². The van der Waals surface area contributed by atoms with Crippen LogP contribution < -0.4 is 0 Å². The largest absolute Gasteiger partial charge is 0.454 e. The first-order valence-corrected chi connectivity index (χ1v) is 18.8. The van der Waals surface area contributed by atoms with Crippen LogP contribution >= 0.6 is 0 Å². The summed E-state index contributed by atoms with van der Waals surface area (Å²) in [6.45, 7) is 0. The average Bonchev–Trinajstić information content (AvgIpc) is 3.91. The van der Waals surface area contributed by atoms with E-state index in [2.05, 4.69) is 197 Å². The summed E-state index contributed by atoms with van der Waals surface area (Å²) in [5.74, 6) is 0. The van der Waals surface area contributed by atoms with Crippen LogP contribution in [-0.2, 0) is 0 Å². The number of hydrogen-bond acceptors (Lipinski definition) is 1. The van der Waals surface area contributed by atoms with Crippen molar-refractivity contribution >= 4 is 76.3 Å². The van der Waals surface area contributed by atoms with Gasteiger partial charge in [0.25, 0.3) is 0 Å². The first-order chi connectivity index (χ1) is 27.3. The number of aromatic nitrogens is 2. The van der Waals surface area contributed by atoms with Gasteiger partial charge in [-0.2, -0.15) is 0 Å². The molecule has 0 N–H and O–H groups in total. The number of para-hydroxylation sites is 3. The maximum atomic E-state index is 6.61. The molecule has 3 aromatic heterocycles. The first kappa shape index (κ1) is 30.1. The average molecular weight is 701 g/mol. The van der Waals surface area contributed by atoms with Crippen molar-refractivity contribution in [2.24, 2.45) is 0 Å². The van der Waals surface area contributed by atoms with Gasteiger partial charge < -0.3 is 13.6 Å². The topological polar surface area (TPSA) is 23.0 Å². The van der Waals surface area contributed by atoms with Crippen molar-refractivity contribution in [3.05, 3.63) is 194 Å². The van der Waals surface area contributed by atoms with E-state index in [1.54, 1.807) is 0 Å². The highest BCUT2D eigenvalue weighted by Crippen LogP contribution is 2.42. The highest BCUT2D eigenvalue weighted by molar-refractivity contribution is 6.20. The number of nitrogens with zero attached hydrogens (tertiary/aromatic N) is 2. The number of fused-ring (bicyclic) bond motifs is 11. The predicted molar refractivity (Wildman–Crippen MR) is 231 cm³/mol. The van der Waals surface area contributed by atoms with Crippen molar-refractivity contribution in [1.82, 2.24) is 9.13 Å². The molecule has 9 aromatic carbocycles. The third kappa shape index (κ3) is 4.44. The predicted octanol–water partition coefficient (Wildman–Crippen LogP) is 14.3. The summed E-state index contributed by atoms with van der Waals surface area (Å²) in [5.41, 5.74) is 13.5. The molecule has 12 aromatic rings. The van der Waals surface area contributed by atoms with Gasteiger partial charge >= 0.3 is 0 Å². The fourth-order valence-corrected chi connectivity index (χ4v) is 8.99. The van der Waals surface area contributed by atoms with E-state index in [4.69, 9.17) is 4.42 Å². The lowest BCUT2D eigenvalue weighted by Gasteiger charge is -2.10. The number of furan rings is 1. The Kier molecular flexibility index (Phi) is 6.34. The van der Waals surface area contributed by atoms with Crippen LogP contribution in [0.25, 0.3) is 110 Å². The van der Waals surface area contributed by atoms with Crippen LogP contribution in [0.2, 0.25) is 0 Å². The Morgan fingerprint density at radius 3 is 1.62 bits per heavy atom. The Hall–Kier alpha value is -7.36. The van der Waals surface area contributed by atoms with Crippen LogP contribution in [0, 0.1) is 0 Å². The standard InChI is InChI=1S/C52H32N2O/c1-3-12-33(13-4-1)35-23-28-47-44(30-35)45-32-37(25-29-48(45)54(47)49-20-11-19-42-40-18-9-10-21-50(40)55-52(42)49)36-24-27-46-43(31-36)41-26-22-34-14-7-8-17-39(34)51(41)53(46)38-15-5-2-6-16-38/h1-32H. The fourth-order valence-electron chi connectivity index (χ4n) is 8.99. The molecule has 0 aliphatic rings. The molecule has 0 aliphatic heterocycles. The summed E-state index contributed by atoms with van der Waals surface area (Å²) in [7, 11) is 0. The van der Waals surface area contributed by atoms with Gasteiger partial charge in [-0.1, -0.05) is 133 Å². The summed E-state index contributed by atoms with van der Waals surface area (Å²) in [6.07, 6.45) is 0. The third-order valence-corrected chi connectivity index (χ3v) is 11.5. The molecule has 0 aliphatic carbocycles. The zero-order valence-electron chi connectivity index (χ0n) is 29.8. The molecule has 3 heterocycles. The van der Waals surface area contributed by atoms with Crippen molar-refractivity contribution in [1.29, 1.82) is 0 Å². The van der Waals surface area contributed by atoms with Crippen molar-refractivity contribution in [2.75, 3.05) is 0 Å². The Balaban J connectivity index is 1.12. The van der Waals surface area contributed by atoms with E-state index in [1.807, 2.05) is 6.07 Å². The normalized spacial score (nSPS) is 12.0. The van der Waals surface area contributed by atoms with Crippen LogP contribution in [0.3, 0.4) is 0 Å². The van der Waals surface area contributed by atoms with Gasteiger partial charge in [-0.3, -0.25) is 0 Å². The van der Waals surface area contributed by atoms with Crippen molar-refractivity contribution in [3.8, 4) is 33.6 Å². The molecule has 0 fully saturated rings. The Morgan fingerprint density at radius 2 is 0.891 bits per heavy atom. The highest BCUT2D eigenvalue weighted by Gasteiger charge is 2.20. The van der Waals surface area contributed by atoms with Gasteiger partial charge in [0, 0.05) is 43.4 Å². The lowest BCUT2D eigenvalue weighted by molar-refractivity contribution is 0.666. The third-order valence-electron chi connectivity index (χ3n) is 11.5. The molecular formula is C52H32N2O. The van der Waals surface area contributed by atoms with Crippen molar-refractivity contribution in [3.63, 3.8) is 0 Å². The van der Waals surface area contributed by atoms with E-state index in [0.29, 0.717) is 0 Å². The summed E-state index contributed by atoms with van der Waals surface area (Å²) in [4.78, 5) is 0. The Morgan fingerprint density at radius 1 is 0.327 bits per heavy atom. The van der Waals surface area contributed by atoms with Gasteiger partial charge in [-0.05, 0) is 88.3 Å². The second-order valence-corrected chi connectivity index (χ2v) is 14.5. The SMILES string of the molecule is c1ccc(-c2ccc3c(c2)c2cc(-c4ccc5c(c4)c4ccc6ccccc6c4n5-c4ccccc4)ccc2n3-c2cccc3c2oc2ccccc23)cc1. The molecule has 0 radical (unpaired) electrons. The number of rotatable bonds is 4. The lowest BCUT2D eigenvalue weighted by Crippen LogP contribution is -1.94. The molecule has 0 amide bonds. The zero-order valence-corrected chi connectivity index (χ0v) is 29.8. The van der Waals surface area contributed by atoms with Crippen LogP contribution in [0.15, 0.2) is 199 Å². The van der Waals surface area contributed by atoms with Crippen LogP contribution in [0.4, 0.5) is 0 Å².